The Morgan fingerprint density at radius 2 is 2.14 bits per heavy atom. The van der Waals surface area contributed by atoms with Gasteiger partial charge in [0.1, 0.15) is 5.75 Å². The third-order valence-corrected chi connectivity index (χ3v) is 3.13. The number of phenols is 1. The van der Waals surface area contributed by atoms with E-state index in [0.29, 0.717) is 5.02 Å². The van der Waals surface area contributed by atoms with Crippen LogP contribution in [-0.2, 0) is 5.41 Å². The Morgan fingerprint density at radius 3 is 2.57 bits per heavy atom. The van der Waals surface area contributed by atoms with Crippen LogP contribution in [0, 0.1) is 11.3 Å². The third kappa shape index (κ3) is 1.25. The van der Waals surface area contributed by atoms with Gasteiger partial charge in [0.15, 0.2) is 0 Å². The minimum Gasteiger partial charge on any atom is -0.508 e. The normalized spacial score (nSPS) is 18.3. The van der Waals surface area contributed by atoms with Gasteiger partial charge in [0, 0.05) is 10.6 Å². The van der Waals surface area contributed by atoms with Crippen molar-refractivity contribution < 1.29 is 5.11 Å². The van der Waals surface area contributed by atoms with Crippen LogP contribution in [0.3, 0.4) is 0 Å². The van der Waals surface area contributed by atoms with Gasteiger partial charge in [0.25, 0.3) is 0 Å². The summed E-state index contributed by atoms with van der Waals surface area (Å²) in [5.74, 6) is 0.138. The smallest absolute Gasteiger partial charge is 0.121 e. The predicted molar refractivity (Wildman–Crippen MR) is 54.3 cm³/mol. The summed E-state index contributed by atoms with van der Waals surface area (Å²) in [5, 5.41) is 19.3. The minimum absolute atomic E-state index is 0.138. The molecule has 1 aliphatic carbocycles. The summed E-state index contributed by atoms with van der Waals surface area (Å²) in [6.07, 6.45) is 2.72. The van der Waals surface area contributed by atoms with Crippen molar-refractivity contribution >= 4 is 11.6 Å². The highest BCUT2D eigenvalue weighted by atomic mass is 35.5. The molecule has 2 nitrogen and oxygen atoms in total. The van der Waals surface area contributed by atoms with Gasteiger partial charge in [-0.3, -0.25) is 0 Å². The quantitative estimate of drug-likeness (QED) is 0.770. The van der Waals surface area contributed by atoms with Gasteiger partial charge < -0.3 is 5.11 Å². The molecule has 0 bridgehead atoms. The number of hydrogen-bond acceptors (Lipinski definition) is 2. The number of nitrogens with zero attached hydrogens (tertiary/aromatic N) is 1. The lowest BCUT2D eigenvalue weighted by molar-refractivity contribution is 0.311. The standard InChI is InChI=1S/C11H10ClNO/c12-8-2-3-9(10(14)6-8)11(7-13)4-1-5-11/h2-3,6,14H,1,4-5H2. The predicted octanol–water partition coefficient (Wildman–Crippen LogP) is 2.99. The molecule has 0 amide bonds. The molecule has 0 aromatic heterocycles. The van der Waals surface area contributed by atoms with Crippen molar-refractivity contribution in [1.29, 1.82) is 5.26 Å². The molecule has 0 aliphatic heterocycles. The summed E-state index contributed by atoms with van der Waals surface area (Å²) in [7, 11) is 0. The van der Waals surface area contributed by atoms with Gasteiger partial charge in [-0.15, -0.1) is 0 Å². The van der Waals surface area contributed by atoms with E-state index in [1.54, 1.807) is 12.1 Å². The Bertz CT molecular complexity index is 404. The number of rotatable bonds is 1. The van der Waals surface area contributed by atoms with E-state index in [4.69, 9.17) is 16.9 Å². The fraction of sp³-hybridized carbons (Fsp3) is 0.364. The fourth-order valence-corrected chi connectivity index (χ4v) is 2.05. The van der Waals surface area contributed by atoms with Crippen molar-refractivity contribution in [2.75, 3.05) is 0 Å². The zero-order valence-corrected chi connectivity index (χ0v) is 8.38. The van der Waals surface area contributed by atoms with Gasteiger partial charge in [-0.25, -0.2) is 0 Å². The molecule has 1 aromatic rings. The van der Waals surface area contributed by atoms with Crippen molar-refractivity contribution in [3.05, 3.63) is 28.8 Å². The van der Waals surface area contributed by atoms with Crippen LogP contribution < -0.4 is 0 Å². The Hall–Kier alpha value is -1.20. The molecule has 0 radical (unpaired) electrons. The van der Waals surface area contributed by atoms with Gasteiger partial charge in [-0.05, 0) is 31.4 Å². The Kier molecular flexibility index (Phi) is 2.13. The van der Waals surface area contributed by atoms with Crippen LogP contribution in [0.5, 0.6) is 5.75 Å². The van der Waals surface area contributed by atoms with E-state index in [-0.39, 0.29) is 5.75 Å². The van der Waals surface area contributed by atoms with E-state index < -0.39 is 5.41 Å². The number of hydrogen-bond donors (Lipinski definition) is 1. The lowest BCUT2D eigenvalue weighted by atomic mass is 9.65. The first-order chi connectivity index (χ1) is 6.68. The Balaban J connectivity index is 2.46. The number of halogens is 1. The topological polar surface area (TPSA) is 44.0 Å². The molecule has 0 saturated heterocycles. The molecule has 14 heavy (non-hydrogen) atoms. The molecule has 2 rings (SSSR count). The third-order valence-electron chi connectivity index (χ3n) is 2.90. The molecule has 0 atom stereocenters. The number of nitriles is 1. The zero-order chi connectivity index (χ0) is 10.2. The van der Waals surface area contributed by atoms with Crippen LogP contribution in [0.15, 0.2) is 18.2 Å². The van der Waals surface area contributed by atoms with E-state index in [9.17, 15) is 5.11 Å². The van der Waals surface area contributed by atoms with Crippen LogP contribution in [0.1, 0.15) is 24.8 Å². The van der Waals surface area contributed by atoms with Crippen LogP contribution in [0.4, 0.5) is 0 Å². The second-order valence-corrected chi connectivity index (χ2v) is 4.15. The maximum atomic E-state index is 9.69. The first kappa shape index (κ1) is 9.36. The summed E-state index contributed by atoms with van der Waals surface area (Å²) in [6.45, 7) is 0. The fourth-order valence-electron chi connectivity index (χ4n) is 1.88. The first-order valence-corrected chi connectivity index (χ1v) is 4.96. The summed E-state index contributed by atoms with van der Waals surface area (Å²) in [6, 6.07) is 7.25. The molecule has 1 N–H and O–H groups in total. The lowest BCUT2D eigenvalue weighted by Gasteiger charge is -2.35. The average Bonchev–Trinajstić information content (AvgIpc) is 2.07. The van der Waals surface area contributed by atoms with Crippen molar-refractivity contribution in [1.82, 2.24) is 0 Å². The van der Waals surface area contributed by atoms with Gasteiger partial charge in [0.05, 0.1) is 11.5 Å². The summed E-state index contributed by atoms with van der Waals surface area (Å²) >= 11 is 5.73. The van der Waals surface area contributed by atoms with E-state index in [2.05, 4.69) is 6.07 Å². The lowest BCUT2D eigenvalue weighted by Crippen LogP contribution is -2.32. The second kappa shape index (κ2) is 3.18. The molecule has 0 spiro atoms. The first-order valence-electron chi connectivity index (χ1n) is 4.58. The van der Waals surface area contributed by atoms with Crippen molar-refractivity contribution in [3.8, 4) is 11.8 Å². The van der Waals surface area contributed by atoms with Gasteiger partial charge in [-0.1, -0.05) is 17.7 Å². The Labute approximate surface area is 87.7 Å². The van der Waals surface area contributed by atoms with Crippen LogP contribution in [0.2, 0.25) is 5.02 Å². The summed E-state index contributed by atoms with van der Waals surface area (Å²) in [4.78, 5) is 0. The van der Waals surface area contributed by atoms with Crippen molar-refractivity contribution in [3.63, 3.8) is 0 Å². The molecular weight excluding hydrogens is 198 g/mol. The van der Waals surface area contributed by atoms with E-state index >= 15 is 0 Å². The van der Waals surface area contributed by atoms with Crippen LogP contribution >= 0.6 is 11.6 Å². The minimum atomic E-state index is -0.464. The van der Waals surface area contributed by atoms with Crippen LogP contribution in [0.25, 0.3) is 0 Å². The zero-order valence-electron chi connectivity index (χ0n) is 7.63. The van der Waals surface area contributed by atoms with Crippen LogP contribution in [-0.4, -0.2) is 5.11 Å². The van der Waals surface area contributed by atoms with Gasteiger partial charge >= 0.3 is 0 Å². The molecule has 1 aliphatic rings. The van der Waals surface area contributed by atoms with Gasteiger partial charge in [-0.2, -0.15) is 5.26 Å². The maximum absolute atomic E-state index is 9.69. The van der Waals surface area contributed by atoms with Crippen molar-refractivity contribution in [2.24, 2.45) is 0 Å². The number of aromatic hydroxyl groups is 1. The molecule has 1 fully saturated rings. The highest BCUT2D eigenvalue weighted by Gasteiger charge is 2.40. The molecular formula is C11H10ClNO. The monoisotopic (exact) mass is 207 g/mol. The highest BCUT2D eigenvalue weighted by Crippen LogP contribution is 2.46. The largest absolute Gasteiger partial charge is 0.508 e. The van der Waals surface area contributed by atoms with E-state index in [1.165, 1.54) is 6.07 Å². The highest BCUT2D eigenvalue weighted by molar-refractivity contribution is 6.30. The molecule has 3 heteroatoms. The van der Waals surface area contributed by atoms with Gasteiger partial charge in [0.2, 0.25) is 0 Å². The maximum Gasteiger partial charge on any atom is 0.121 e. The molecule has 0 unspecified atom stereocenters. The van der Waals surface area contributed by atoms with E-state index in [1.807, 2.05) is 0 Å². The molecule has 1 saturated carbocycles. The van der Waals surface area contributed by atoms with Crippen molar-refractivity contribution in [2.45, 2.75) is 24.7 Å². The average molecular weight is 208 g/mol. The second-order valence-electron chi connectivity index (χ2n) is 3.71. The number of phenolic OH excluding ortho intramolecular Hbond substituents is 1. The number of benzene rings is 1. The molecule has 0 heterocycles. The SMILES string of the molecule is N#CC1(c2ccc(Cl)cc2O)CCC1. The molecule has 1 aromatic carbocycles. The summed E-state index contributed by atoms with van der Waals surface area (Å²) in [5.41, 5.74) is 0.255. The molecule has 72 valence electrons. The Morgan fingerprint density at radius 1 is 1.43 bits per heavy atom. The summed E-state index contributed by atoms with van der Waals surface area (Å²) < 4.78 is 0. The van der Waals surface area contributed by atoms with E-state index in [0.717, 1.165) is 24.8 Å².